The van der Waals surface area contributed by atoms with Crippen molar-refractivity contribution in [3.05, 3.63) is 66.2 Å². The third-order valence-corrected chi connectivity index (χ3v) is 3.91. The zero-order valence-electron chi connectivity index (χ0n) is 10.6. The molecule has 2 rings (SSSR count). The lowest BCUT2D eigenvalue weighted by molar-refractivity contribution is -0.385. The molecule has 114 valence electrons. The molecule has 5 nitrogen and oxygen atoms in total. The molecule has 0 aliphatic carbocycles. The molecule has 1 amide bonds. The third-order valence-electron chi connectivity index (χ3n) is 2.64. The SMILES string of the molecule is O=C(Nc1cc(F)c(I)c(F)c1)c1ccc(Cl)cc1[N+](=O)[O-]. The van der Waals surface area contributed by atoms with Crippen LogP contribution in [0, 0.1) is 25.3 Å². The van der Waals surface area contributed by atoms with Crippen molar-refractivity contribution >= 4 is 51.5 Å². The largest absolute Gasteiger partial charge is 0.322 e. The van der Waals surface area contributed by atoms with E-state index in [1.807, 2.05) is 0 Å². The van der Waals surface area contributed by atoms with Crippen molar-refractivity contribution in [3.63, 3.8) is 0 Å². The summed E-state index contributed by atoms with van der Waals surface area (Å²) in [4.78, 5) is 22.2. The number of carbonyl (C=O) groups is 1. The fourth-order valence-corrected chi connectivity index (χ4v) is 2.15. The van der Waals surface area contributed by atoms with Crippen molar-refractivity contribution in [3.8, 4) is 0 Å². The highest BCUT2D eigenvalue weighted by Crippen LogP contribution is 2.25. The second-order valence-corrected chi connectivity index (χ2v) is 5.64. The lowest BCUT2D eigenvalue weighted by Gasteiger charge is -2.07. The van der Waals surface area contributed by atoms with Crippen LogP contribution in [0.1, 0.15) is 10.4 Å². The summed E-state index contributed by atoms with van der Waals surface area (Å²) in [6, 6.07) is 5.33. The minimum Gasteiger partial charge on any atom is -0.322 e. The van der Waals surface area contributed by atoms with Crippen molar-refractivity contribution in [2.45, 2.75) is 0 Å². The van der Waals surface area contributed by atoms with Crippen molar-refractivity contribution < 1.29 is 18.5 Å². The molecular formula is C13H6ClF2IN2O3. The molecule has 2 aromatic carbocycles. The van der Waals surface area contributed by atoms with Crippen LogP contribution in [-0.2, 0) is 0 Å². The number of hydrogen-bond donors (Lipinski definition) is 1. The number of amides is 1. The number of carbonyl (C=O) groups excluding carboxylic acids is 1. The van der Waals surface area contributed by atoms with E-state index in [2.05, 4.69) is 5.32 Å². The number of rotatable bonds is 3. The van der Waals surface area contributed by atoms with E-state index >= 15 is 0 Å². The van der Waals surface area contributed by atoms with Gasteiger partial charge in [0.2, 0.25) is 0 Å². The van der Waals surface area contributed by atoms with Crippen LogP contribution in [-0.4, -0.2) is 10.8 Å². The van der Waals surface area contributed by atoms with Gasteiger partial charge in [-0.15, -0.1) is 0 Å². The molecule has 0 heterocycles. The Kier molecular flexibility index (Phi) is 4.91. The molecule has 0 unspecified atom stereocenters. The smallest absolute Gasteiger partial charge is 0.283 e. The van der Waals surface area contributed by atoms with Crippen LogP contribution >= 0.6 is 34.2 Å². The molecule has 0 saturated carbocycles. The van der Waals surface area contributed by atoms with E-state index in [4.69, 9.17) is 11.6 Å². The second-order valence-electron chi connectivity index (χ2n) is 4.13. The Labute approximate surface area is 141 Å². The topological polar surface area (TPSA) is 72.2 Å². The van der Waals surface area contributed by atoms with Gasteiger partial charge in [-0.05, 0) is 46.9 Å². The molecule has 0 aliphatic heterocycles. The summed E-state index contributed by atoms with van der Waals surface area (Å²) in [5, 5.41) is 13.2. The minimum atomic E-state index is -0.872. The van der Waals surface area contributed by atoms with E-state index in [9.17, 15) is 23.7 Å². The maximum atomic E-state index is 13.4. The number of hydrogen-bond acceptors (Lipinski definition) is 3. The lowest BCUT2D eigenvalue weighted by Crippen LogP contribution is -2.14. The highest BCUT2D eigenvalue weighted by molar-refractivity contribution is 14.1. The summed E-state index contributed by atoms with van der Waals surface area (Å²) in [6.07, 6.45) is 0. The standard InChI is InChI=1S/C13H6ClF2IN2O3/c14-6-1-2-8(11(3-6)19(21)22)13(20)18-7-4-9(15)12(17)10(16)5-7/h1-5H,(H,18,20). The second kappa shape index (κ2) is 6.53. The molecule has 0 spiro atoms. The number of halogens is 4. The van der Waals surface area contributed by atoms with Gasteiger partial charge in [0.15, 0.2) is 0 Å². The molecule has 0 bridgehead atoms. The van der Waals surface area contributed by atoms with Crippen LogP contribution in [0.5, 0.6) is 0 Å². The Bertz CT molecular complexity index is 763. The molecule has 0 aromatic heterocycles. The molecule has 0 fully saturated rings. The van der Waals surface area contributed by atoms with Crippen LogP contribution in [0.2, 0.25) is 5.02 Å². The maximum Gasteiger partial charge on any atom is 0.283 e. The molecule has 0 saturated heterocycles. The molecule has 0 radical (unpaired) electrons. The van der Waals surface area contributed by atoms with E-state index in [1.54, 1.807) is 0 Å². The van der Waals surface area contributed by atoms with E-state index in [1.165, 1.54) is 28.7 Å². The first kappa shape index (κ1) is 16.6. The van der Waals surface area contributed by atoms with E-state index in [0.29, 0.717) is 0 Å². The molecule has 22 heavy (non-hydrogen) atoms. The fraction of sp³-hybridized carbons (Fsp3) is 0. The van der Waals surface area contributed by atoms with Gasteiger partial charge >= 0.3 is 0 Å². The van der Waals surface area contributed by atoms with Crippen LogP contribution in [0.15, 0.2) is 30.3 Å². The number of nitro groups is 1. The molecule has 0 aliphatic rings. The Hall–Kier alpha value is -1.81. The summed E-state index contributed by atoms with van der Waals surface area (Å²) in [5.41, 5.74) is -0.921. The Morgan fingerprint density at radius 1 is 1.23 bits per heavy atom. The van der Waals surface area contributed by atoms with Crippen molar-refractivity contribution in [1.29, 1.82) is 0 Å². The average Bonchev–Trinajstić information content (AvgIpc) is 2.44. The van der Waals surface area contributed by atoms with Gasteiger partial charge in [0.25, 0.3) is 11.6 Å². The maximum absolute atomic E-state index is 13.4. The van der Waals surface area contributed by atoms with Crippen molar-refractivity contribution in [1.82, 2.24) is 0 Å². The Balaban J connectivity index is 2.36. The first-order chi connectivity index (χ1) is 10.3. The number of anilines is 1. The summed E-state index contributed by atoms with van der Waals surface area (Å²) >= 11 is 7.13. The average molecular weight is 439 g/mol. The van der Waals surface area contributed by atoms with Gasteiger partial charge in [-0.2, -0.15) is 0 Å². The zero-order chi connectivity index (χ0) is 16.4. The van der Waals surface area contributed by atoms with Gasteiger partial charge in [-0.3, -0.25) is 14.9 Å². The highest BCUT2D eigenvalue weighted by Gasteiger charge is 2.21. The molecule has 2 aromatic rings. The van der Waals surface area contributed by atoms with E-state index < -0.39 is 28.2 Å². The first-order valence-electron chi connectivity index (χ1n) is 5.69. The summed E-state index contributed by atoms with van der Waals surface area (Å²) in [7, 11) is 0. The van der Waals surface area contributed by atoms with Crippen molar-refractivity contribution in [2.75, 3.05) is 5.32 Å². The molecule has 9 heteroatoms. The Morgan fingerprint density at radius 2 is 1.82 bits per heavy atom. The monoisotopic (exact) mass is 438 g/mol. The van der Waals surface area contributed by atoms with Gasteiger partial charge in [0, 0.05) is 16.8 Å². The molecular weight excluding hydrogens is 433 g/mol. The molecule has 1 N–H and O–H groups in total. The number of nitrogens with one attached hydrogen (secondary N) is 1. The third kappa shape index (κ3) is 3.50. The number of nitro benzene ring substituents is 1. The summed E-state index contributed by atoms with van der Waals surface area (Å²) < 4.78 is 26.6. The van der Waals surface area contributed by atoms with Gasteiger partial charge in [0.05, 0.1) is 8.49 Å². The van der Waals surface area contributed by atoms with Gasteiger partial charge in [0.1, 0.15) is 17.2 Å². The predicted molar refractivity (Wildman–Crippen MR) is 85.1 cm³/mol. The lowest BCUT2D eigenvalue weighted by atomic mass is 10.1. The van der Waals surface area contributed by atoms with Crippen LogP contribution in [0.3, 0.4) is 0 Å². The predicted octanol–water partition coefficient (Wildman–Crippen LogP) is 4.38. The summed E-state index contributed by atoms with van der Waals surface area (Å²) in [5.74, 6) is -2.56. The van der Waals surface area contributed by atoms with Gasteiger partial charge in [-0.25, -0.2) is 8.78 Å². The number of nitrogens with zero attached hydrogens (tertiary/aromatic N) is 1. The van der Waals surface area contributed by atoms with Gasteiger partial charge < -0.3 is 5.32 Å². The van der Waals surface area contributed by atoms with Crippen LogP contribution in [0.25, 0.3) is 0 Å². The van der Waals surface area contributed by atoms with E-state index in [-0.39, 0.29) is 19.8 Å². The zero-order valence-corrected chi connectivity index (χ0v) is 13.5. The molecule has 0 atom stereocenters. The van der Waals surface area contributed by atoms with Crippen LogP contribution < -0.4 is 5.32 Å². The Morgan fingerprint density at radius 3 is 2.36 bits per heavy atom. The number of benzene rings is 2. The summed E-state index contributed by atoms with van der Waals surface area (Å²) in [6.45, 7) is 0. The highest BCUT2D eigenvalue weighted by atomic mass is 127. The normalized spacial score (nSPS) is 10.4. The first-order valence-corrected chi connectivity index (χ1v) is 7.15. The fourth-order valence-electron chi connectivity index (χ4n) is 1.67. The minimum absolute atomic E-state index is 0.0922. The quantitative estimate of drug-likeness (QED) is 0.334. The van der Waals surface area contributed by atoms with E-state index in [0.717, 1.165) is 24.3 Å². The van der Waals surface area contributed by atoms with Crippen molar-refractivity contribution in [2.24, 2.45) is 0 Å². The van der Waals surface area contributed by atoms with Gasteiger partial charge in [-0.1, -0.05) is 11.6 Å². The van der Waals surface area contributed by atoms with Crippen LogP contribution in [0.4, 0.5) is 20.2 Å².